The number of benzene rings is 1. The van der Waals surface area contributed by atoms with Gasteiger partial charge in [0.2, 0.25) is 0 Å². The zero-order valence-corrected chi connectivity index (χ0v) is 24.5. The average molecular weight is 525 g/mol. The highest BCUT2D eigenvalue weighted by molar-refractivity contribution is 7.99. The molecule has 2 heterocycles. The number of hydrogen-bond acceptors (Lipinski definition) is 4. The second kappa shape index (κ2) is 14.9. The van der Waals surface area contributed by atoms with Gasteiger partial charge in [-0.1, -0.05) is 51.9 Å². The Morgan fingerprint density at radius 3 is 2.53 bits per heavy atom. The zero-order chi connectivity index (χ0) is 25.8. The summed E-state index contributed by atoms with van der Waals surface area (Å²) in [4.78, 5) is 15.5. The molecular weight excluding hydrogens is 480 g/mol. The van der Waals surface area contributed by atoms with Crippen LogP contribution in [0.1, 0.15) is 118 Å². The third-order valence-electron chi connectivity index (χ3n) is 7.61. The molecule has 196 valence electrons. The molecule has 1 aromatic carbocycles. The number of carbonyl (C=O) groups excluding carboxylic acids is 1. The topological polar surface area (TPSA) is 26.3 Å². The predicted molar refractivity (Wildman–Crippen MR) is 156 cm³/mol. The number of ether oxygens (including phenoxy) is 1. The van der Waals surface area contributed by atoms with Crippen molar-refractivity contribution in [1.29, 1.82) is 0 Å². The van der Waals surface area contributed by atoms with Gasteiger partial charge in [-0.25, -0.2) is 0 Å². The first-order valence-corrected chi connectivity index (χ1v) is 15.9. The maximum absolute atomic E-state index is 11.5. The SMILES string of the molecule is CCCCCCc1cc2c(cc1C#Cc1ccc(CCCCC(=O)OCC)s1)C(CC)(CC)CCS2. The fourth-order valence-electron chi connectivity index (χ4n) is 5.21. The lowest BCUT2D eigenvalue weighted by Gasteiger charge is -2.38. The number of rotatable bonds is 13. The van der Waals surface area contributed by atoms with E-state index in [1.807, 2.05) is 18.7 Å². The van der Waals surface area contributed by atoms with Crippen molar-refractivity contribution < 1.29 is 9.53 Å². The number of hydrogen-bond donors (Lipinski definition) is 0. The van der Waals surface area contributed by atoms with E-state index < -0.39 is 0 Å². The number of esters is 1. The number of aryl methyl sites for hydroxylation is 2. The van der Waals surface area contributed by atoms with Crippen molar-refractivity contribution in [2.24, 2.45) is 0 Å². The van der Waals surface area contributed by atoms with Crippen LogP contribution in [0.3, 0.4) is 0 Å². The van der Waals surface area contributed by atoms with Gasteiger partial charge in [-0.3, -0.25) is 4.79 Å². The highest BCUT2D eigenvalue weighted by Crippen LogP contribution is 2.47. The third-order valence-corrected chi connectivity index (χ3v) is 9.73. The molecule has 0 saturated heterocycles. The van der Waals surface area contributed by atoms with Crippen LogP contribution in [0.25, 0.3) is 0 Å². The molecule has 0 amide bonds. The van der Waals surface area contributed by atoms with Crippen LogP contribution >= 0.6 is 23.1 Å². The van der Waals surface area contributed by atoms with Crippen LogP contribution in [0, 0.1) is 11.8 Å². The summed E-state index contributed by atoms with van der Waals surface area (Å²) >= 11 is 3.84. The summed E-state index contributed by atoms with van der Waals surface area (Å²) in [5.41, 5.74) is 4.52. The van der Waals surface area contributed by atoms with Crippen molar-refractivity contribution in [2.45, 2.75) is 115 Å². The summed E-state index contributed by atoms with van der Waals surface area (Å²) in [7, 11) is 0. The molecule has 36 heavy (non-hydrogen) atoms. The summed E-state index contributed by atoms with van der Waals surface area (Å²) in [6.45, 7) is 9.30. The first kappa shape index (κ1) is 28.9. The van der Waals surface area contributed by atoms with Gasteiger partial charge in [0.15, 0.2) is 0 Å². The van der Waals surface area contributed by atoms with Gasteiger partial charge in [-0.05, 0) is 105 Å². The molecule has 0 saturated carbocycles. The van der Waals surface area contributed by atoms with Crippen molar-refractivity contribution in [3.63, 3.8) is 0 Å². The standard InChI is InChI=1S/C32H44O2S2/c1-5-9-10-11-14-25-24-30-29(32(6-2,7-3)21-22-35-30)23-26(25)17-18-28-20-19-27(36-28)15-12-13-16-31(33)34-8-4/h19-20,23-24H,5-16,21-22H2,1-4H3. The Morgan fingerprint density at radius 2 is 1.78 bits per heavy atom. The van der Waals surface area contributed by atoms with Crippen LogP contribution in [0.5, 0.6) is 0 Å². The Labute approximate surface area is 228 Å². The zero-order valence-electron chi connectivity index (χ0n) is 22.8. The Kier molecular flexibility index (Phi) is 11.9. The van der Waals surface area contributed by atoms with Crippen LogP contribution in [0.2, 0.25) is 0 Å². The summed E-state index contributed by atoms with van der Waals surface area (Å²) < 4.78 is 5.02. The lowest BCUT2D eigenvalue weighted by molar-refractivity contribution is -0.143. The largest absolute Gasteiger partial charge is 0.466 e. The molecule has 0 bridgehead atoms. The van der Waals surface area contributed by atoms with E-state index in [2.05, 4.69) is 56.9 Å². The molecule has 1 aromatic heterocycles. The average Bonchev–Trinajstić information content (AvgIpc) is 3.35. The number of thiophene rings is 1. The van der Waals surface area contributed by atoms with Gasteiger partial charge in [0.05, 0.1) is 11.5 Å². The second-order valence-electron chi connectivity index (χ2n) is 9.93. The Morgan fingerprint density at radius 1 is 0.972 bits per heavy atom. The van der Waals surface area contributed by atoms with Crippen LogP contribution in [-0.2, 0) is 27.8 Å². The minimum Gasteiger partial charge on any atom is -0.466 e. The summed E-state index contributed by atoms with van der Waals surface area (Å²) in [5, 5.41) is 0. The van der Waals surface area contributed by atoms with Gasteiger partial charge < -0.3 is 4.74 Å². The molecule has 0 aliphatic carbocycles. The summed E-state index contributed by atoms with van der Waals surface area (Å²) in [6, 6.07) is 9.31. The third kappa shape index (κ3) is 7.90. The lowest BCUT2D eigenvalue weighted by Crippen LogP contribution is -2.29. The molecule has 3 rings (SSSR count). The van der Waals surface area contributed by atoms with Gasteiger partial charge in [0.25, 0.3) is 0 Å². The molecule has 2 nitrogen and oxygen atoms in total. The molecule has 0 radical (unpaired) electrons. The normalized spacial score (nSPS) is 14.1. The monoisotopic (exact) mass is 524 g/mol. The first-order valence-electron chi connectivity index (χ1n) is 14.1. The molecule has 1 aliphatic heterocycles. The summed E-state index contributed by atoms with van der Waals surface area (Å²) in [6.07, 6.45) is 13.3. The van der Waals surface area contributed by atoms with E-state index in [9.17, 15) is 4.79 Å². The Bertz CT molecular complexity index is 1040. The Balaban J connectivity index is 1.77. The highest BCUT2D eigenvalue weighted by Gasteiger charge is 2.34. The molecule has 0 fully saturated rings. The minimum atomic E-state index is -0.0839. The number of carbonyl (C=O) groups is 1. The minimum absolute atomic E-state index is 0.0839. The van der Waals surface area contributed by atoms with Gasteiger partial charge >= 0.3 is 5.97 Å². The number of fused-ring (bicyclic) bond motifs is 1. The Hall–Kier alpha value is -1.70. The first-order chi connectivity index (χ1) is 17.5. The molecule has 1 aliphatic rings. The van der Waals surface area contributed by atoms with Crippen LogP contribution < -0.4 is 0 Å². The van der Waals surface area contributed by atoms with Crippen molar-refractivity contribution in [3.05, 3.63) is 50.7 Å². The van der Waals surface area contributed by atoms with Crippen molar-refractivity contribution >= 4 is 29.1 Å². The predicted octanol–water partition coefficient (Wildman–Crippen LogP) is 9.10. The number of unbranched alkanes of at least 4 members (excludes halogenated alkanes) is 4. The van der Waals surface area contributed by atoms with E-state index in [4.69, 9.17) is 4.74 Å². The van der Waals surface area contributed by atoms with E-state index in [1.165, 1.54) is 71.6 Å². The highest BCUT2D eigenvalue weighted by atomic mass is 32.2. The summed E-state index contributed by atoms with van der Waals surface area (Å²) in [5.74, 6) is 8.26. The molecular formula is C32H44O2S2. The maximum atomic E-state index is 11.5. The van der Waals surface area contributed by atoms with Crippen LogP contribution in [0.4, 0.5) is 0 Å². The fraction of sp³-hybridized carbons (Fsp3) is 0.594. The molecule has 0 unspecified atom stereocenters. The van der Waals surface area contributed by atoms with Gasteiger partial charge in [-0.2, -0.15) is 0 Å². The fourth-order valence-corrected chi connectivity index (χ4v) is 7.48. The van der Waals surface area contributed by atoms with E-state index in [-0.39, 0.29) is 5.97 Å². The van der Waals surface area contributed by atoms with Crippen molar-refractivity contribution in [1.82, 2.24) is 0 Å². The van der Waals surface area contributed by atoms with Crippen molar-refractivity contribution in [2.75, 3.05) is 12.4 Å². The van der Waals surface area contributed by atoms with Gasteiger partial charge in [0, 0.05) is 21.8 Å². The molecule has 0 N–H and O–H groups in total. The quantitative estimate of drug-likeness (QED) is 0.148. The second-order valence-corrected chi connectivity index (χ2v) is 12.2. The van der Waals surface area contributed by atoms with Crippen molar-refractivity contribution in [3.8, 4) is 11.8 Å². The van der Waals surface area contributed by atoms with Gasteiger partial charge in [0.1, 0.15) is 0 Å². The van der Waals surface area contributed by atoms with Crippen LogP contribution in [0.15, 0.2) is 29.2 Å². The lowest BCUT2D eigenvalue weighted by atomic mass is 9.72. The van der Waals surface area contributed by atoms with E-state index in [1.54, 1.807) is 16.9 Å². The molecule has 4 heteroatoms. The smallest absolute Gasteiger partial charge is 0.305 e. The maximum Gasteiger partial charge on any atom is 0.305 e. The van der Waals surface area contributed by atoms with E-state index in [0.717, 1.165) is 30.6 Å². The van der Waals surface area contributed by atoms with Crippen LogP contribution in [-0.4, -0.2) is 18.3 Å². The van der Waals surface area contributed by atoms with E-state index >= 15 is 0 Å². The molecule has 2 aromatic rings. The van der Waals surface area contributed by atoms with E-state index in [0.29, 0.717) is 18.4 Å². The van der Waals surface area contributed by atoms with Gasteiger partial charge in [-0.15, -0.1) is 23.1 Å². The number of thioether (sulfide) groups is 1. The molecule has 0 spiro atoms. The molecule has 0 atom stereocenters.